The van der Waals surface area contributed by atoms with Gasteiger partial charge in [0.05, 0.1) is 6.61 Å². The van der Waals surface area contributed by atoms with Gasteiger partial charge in [0.25, 0.3) is 0 Å². The van der Waals surface area contributed by atoms with Crippen LogP contribution in [-0.2, 0) is 16.0 Å². The molecule has 1 aromatic carbocycles. The monoisotopic (exact) mass is 227 g/mol. The quantitative estimate of drug-likeness (QED) is 0.748. The van der Waals surface area contributed by atoms with Crippen LogP contribution >= 0.6 is 11.6 Å². The van der Waals surface area contributed by atoms with Crippen molar-refractivity contribution in [1.82, 2.24) is 0 Å². The van der Waals surface area contributed by atoms with E-state index in [1.807, 2.05) is 12.1 Å². The summed E-state index contributed by atoms with van der Waals surface area (Å²) in [6, 6.07) is 7.21. The van der Waals surface area contributed by atoms with Crippen LogP contribution in [0.25, 0.3) is 0 Å². The molecule has 4 heteroatoms. The summed E-state index contributed by atoms with van der Waals surface area (Å²) in [6.45, 7) is 0.987. The maximum Gasteiger partial charge on any atom is 0.162 e. The average molecular weight is 228 g/mol. The van der Waals surface area contributed by atoms with Crippen molar-refractivity contribution in [3.8, 4) is 0 Å². The van der Waals surface area contributed by atoms with Gasteiger partial charge in [0.15, 0.2) is 5.78 Å². The largest absolute Gasteiger partial charge is 0.372 e. The molecule has 15 heavy (non-hydrogen) atoms. The highest BCUT2D eigenvalue weighted by Crippen LogP contribution is 2.10. The van der Waals surface area contributed by atoms with Crippen LogP contribution in [0.15, 0.2) is 24.3 Å². The maximum absolute atomic E-state index is 11.4. The van der Waals surface area contributed by atoms with Crippen molar-refractivity contribution < 1.29 is 9.53 Å². The molecule has 0 fully saturated rings. The Hall–Kier alpha value is -0.900. The van der Waals surface area contributed by atoms with E-state index in [0.29, 0.717) is 24.6 Å². The Labute approximate surface area is 94.2 Å². The SMILES string of the molecule is NCCOCC(=O)Cc1ccc(Cl)cc1. The lowest BCUT2D eigenvalue weighted by Gasteiger charge is -2.02. The molecule has 0 aromatic heterocycles. The van der Waals surface area contributed by atoms with Gasteiger partial charge in [-0.2, -0.15) is 0 Å². The highest BCUT2D eigenvalue weighted by Gasteiger charge is 2.03. The van der Waals surface area contributed by atoms with Gasteiger partial charge in [0.2, 0.25) is 0 Å². The minimum Gasteiger partial charge on any atom is -0.372 e. The van der Waals surface area contributed by atoms with E-state index in [2.05, 4.69) is 0 Å². The van der Waals surface area contributed by atoms with Crippen molar-refractivity contribution in [2.75, 3.05) is 19.8 Å². The van der Waals surface area contributed by atoms with Crippen molar-refractivity contribution in [1.29, 1.82) is 0 Å². The van der Waals surface area contributed by atoms with Crippen LogP contribution in [0, 0.1) is 0 Å². The smallest absolute Gasteiger partial charge is 0.162 e. The Bertz CT molecular complexity index is 311. The average Bonchev–Trinajstić information content (AvgIpc) is 2.22. The minimum absolute atomic E-state index is 0.0470. The van der Waals surface area contributed by atoms with Gasteiger partial charge in [-0.15, -0.1) is 0 Å². The second-order valence-corrected chi connectivity index (χ2v) is 3.62. The van der Waals surface area contributed by atoms with Crippen molar-refractivity contribution in [2.24, 2.45) is 5.73 Å². The molecule has 0 heterocycles. The van der Waals surface area contributed by atoms with Crippen molar-refractivity contribution in [3.05, 3.63) is 34.9 Å². The third-order valence-electron chi connectivity index (χ3n) is 1.84. The molecule has 0 aliphatic heterocycles. The van der Waals surface area contributed by atoms with Crippen LogP contribution in [0.3, 0.4) is 0 Å². The zero-order valence-corrected chi connectivity index (χ0v) is 9.17. The van der Waals surface area contributed by atoms with Crippen LogP contribution in [-0.4, -0.2) is 25.5 Å². The minimum atomic E-state index is 0.0470. The first-order valence-corrected chi connectivity index (χ1v) is 5.14. The van der Waals surface area contributed by atoms with Gasteiger partial charge in [-0.3, -0.25) is 4.79 Å². The summed E-state index contributed by atoms with van der Waals surface area (Å²) in [5, 5.41) is 0.672. The topological polar surface area (TPSA) is 52.3 Å². The van der Waals surface area contributed by atoms with Gasteiger partial charge >= 0.3 is 0 Å². The lowest BCUT2D eigenvalue weighted by molar-refractivity contribution is -0.122. The number of ether oxygens (including phenoxy) is 1. The fourth-order valence-corrected chi connectivity index (χ4v) is 1.28. The van der Waals surface area contributed by atoms with E-state index in [0.717, 1.165) is 5.56 Å². The van der Waals surface area contributed by atoms with Crippen LogP contribution < -0.4 is 5.73 Å². The molecule has 0 aliphatic carbocycles. The molecule has 0 bridgehead atoms. The first-order valence-electron chi connectivity index (χ1n) is 4.76. The third-order valence-corrected chi connectivity index (χ3v) is 2.09. The van der Waals surface area contributed by atoms with E-state index in [1.54, 1.807) is 12.1 Å². The fourth-order valence-electron chi connectivity index (χ4n) is 1.15. The number of carbonyl (C=O) groups is 1. The molecule has 82 valence electrons. The number of nitrogens with two attached hydrogens (primary N) is 1. The molecule has 0 atom stereocenters. The molecule has 2 N–H and O–H groups in total. The fraction of sp³-hybridized carbons (Fsp3) is 0.364. The second kappa shape index (κ2) is 6.56. The van der Waals surface area contributed by atoms with Crippen LogP contribution in [0.4, 0.5) is 0 Å². The van der Waals surface area contributed by atoms with Gasteiger partial charge in [0.1, 0.15) is 6.61 Å². The number of rotatable bonds is 6. The molecule has 0 amide bonds. The summed E-state index contributed by atoms with van der Waals surface area (Å²) in [7, 11) is 0. The highest BCUT2D eigenvalue weighted by molar-refractivity contribution is 6.30. The summed E-state index contributed by atoms with van der Waals surface area (Å²) in [4.78, 5) is 11.4. The molecule has 1 aromatic rings. The predicted octanol–water partition coefficient (Wildman–Crippen LogP) is 1.43. The van der Waals surface area contributed by atoms with Gasteiger partial charge in [-0.1, -0.05) is 23.7 Å². The van der Waals surface area contributed by atoms with Gasteiger partial charge in [-0.25, -0.2) is 0 Å². The van der Waals surface area contributed by atoms with E-state index >= 15 is 0 Å². The zero-order chi connectivity index (χ0) is 11.1. The summed E-state index contributed by atoms with van der Waals surface area (Å²) in [6.07, 6.45) is 0.377. The van der Waals surface area contributed by atoms with Crippen molar-refractivity contribution in [2.45, 2.75) is 6.42 Å². The number of Topliss-reactive ketones (excluding diaryl/α,β-unsaturated/α-hetero) is 1. The molecule has 0 saturated carbocycles. The van der Waals surface area contributed by atoms with E-state index in [4.69, 9.17) is 22.1 Å². The Morgan fingerprint density at radius 3 is 2.60 bits per heavy atom. The summed E-state index contributed by atoms with van der Waals surface area (Å²) in [5.41, 5.74) is 6.18. The predicted molar refractivity (Wildman–Crippen MR) is 60.0 cm³/mol. The lowest BCUT2D eigenvalue weighted by atomic mass is 10.1. The Kier molecular flexibility index (Phi) is 5.32. The first kappa shape index (κ1) is 12.2. The number of hydrogen-bond donors (Lipinski definition) is 1. The van der Waals surface area contributed by atoms with E-state index in [-0.39, 0.29) is 12.4 Å². The second-order valence-electron chi connectivity index (χ2n) is 3.18. The molecule has 0 saturated heterocycles. The van der Waals surface area contributed by atoms with Crippen LogP contribution in [0.1, 0.15) is 5.56 Å². The Morgan fingerprint density at radius 1 is 1.33 bits per heavy atom. The number of benzene rings is 1. The molecule has 0 radical (unpaired) electrons. The molecule has 3 nitrogen and oxygen atoms in total. The van der Waals surface area contributed by atoms with Gasteiger partial charge < -0.3 is 10.5 Å². The Morgan fingerprint density at radius 2 is 2.00 bits per heavy atom. The number of halogens is 1. The molecule has 1 rings (SSSR count). The Balaban J connectivity index is 2.34. The summed E-state index contributed by atoms with van der Waals surface area (Å²) in [5.74, 6) is 0.0470. The first-order chi connectivity index (χ1) is 7.22. The number of hydrogen-bond acceptors (Lipinski definition) is 3. The van der Waals surface area contributed by atoms with Gasteiger partial charge in [0, 0.05) is 18.0 Å². The summed E-state index contributed by atoms with van der Waals surface area (Å²) >= 11 is 5.73. The highest BCUT2D eigenvalue weighted by atomic mass is 35.5. The van der Waals surface area contributed by atoms with E-state index < -0.39 is 0 Å². The standard InChI is InChI=1S/C11H14ClNO2/c12-10-3-1-9(2-4-10)7-11(14)8-15-6-5-13/h1-4H,5-8,13H2. The molecule has 0 unspecified atom stereocenters. The number of ketones is 1. The maximum atomic E-state index is 11.4. The van der Waals surface area contributed by atoms with E-state index in [9.17, 15) is 4.79 Å². The molecular weight excluding hydrogens is 214 g/mol. The van der Waals surface area contributed by atoms with Crippen molar-refractivity contribution in [3.63, 3.8) is 0 Å². The van der Waals surface area contributed by atoms with Crippen molar-refractivity contribution >= 4 is 17.4 Å². The molecule has 0 aliphatic rings. The molecular formula is C11H14ClNO2. The van der Waals surface area contributed by atoms with Crippen LogP contribution in [0.2, 0.25) is 5.02 Å². The zero-order valence-electron chi connectivity index (χ0n) is 8.41. The molecule has 0 spiro atoms. The normalized spacial score (nSPS) is 10.3. The van der Waals surface area contributed by atoms with Gasteiger partial charge in [-0.05, 0) is 17.7 Å². The lowest BCUT2D eigenvalue weighted by Crippen LogP contribution is -2.16. The van der Waals surface area contributed by atoms with E-state index in [1.165, 1.54) is 0 Å². The van der Waals surface area contributed by atoms with Crippen LogP contribution in [0.5, 0.6) is 0 Å². The third kappa shape index (κ3) is 4.93. The number of carbonyl (C=O) groups excluding carboxylic acids is 1. The summed E-state index contributed by atoms with van der Waals surface area (Å²) < 4.78 is 5.04.